The summed E-state index contributed by atoms with van der Waals surface area (Å²) in [6.45, 7) is 3.09. The summed E-state index contributed by atoms with van der Waals surface area (Å²) < 4.78 is 11.7. The number of nitrogens with one attached hydrogen (secondary N) is 1. The Morgan fingerprint density at radius 3 is 2.76 bits per heavy atom. The molecule has 0 radical (unpaired) electrons. The van der Waals surface area contributed by atoms with E-state index in [0.717, 1.165) is 6.42 Å². The van der Waals surface area contributed by atoms with Crippen LogP contribution >= 0.6 is 0 Å². The molecule has 0 fully saturated rings. The maximum Gasteiger partial charge on any atom is 0.293 e. The number of hydrogen-bond donors (Lipinski definition) is 1. The quantitative estimate of drug-likeness (QED) is 0.711. The van der Waals surface area contributed by atoms with Gasteiger partial charge in [0.15, 0.2) is 12.1 Å². The van der Waals surface area contributed by atoms with Gasteiger partial charge in [-0.3, -0.25) is 4.79 Å². The van der Waals surface area contributed by atoms with Crippen molar-refractivity contribution in [1.29, 1.82) is 0 Å². The molecule has 0 spiro atoms. The third kappa shape index (κ3) is 3.83. The fourth-order valence-electron chi connectivity index (χ4n) is 1.43. The molecule has 0 aromatic carbocycles. The van der Waals surface area contributed by atoms with Crippen LogP contribution in [0.15, 0.2) is 17.2 Å². The van der Waals surface area contributed by atoms with Crippen molar-refractivity contribution < 1.29 is 9.47 Å². The SMILES string of the molecule is CCCn1ccnc(NCC(OC)OC)c1=O. The van der Waals surface area contributed by atoms with E-state index in [0.29, 0.717) is 18.9 Å². The van der Waals surface area contributed by atoms with Gasteiger partial charge in [0.1, 0.15) is 0 Å². The Morgan fingerprint density at radius 1 is 1.47 bits per heavy atom. The number of aryl methyl sites for hydroxylation is 1. The fraction of sp³-hybridized carbons (Fsp3) is 0.636. The van der Waals surface area contributed by atoms with Crippen LogP contribution < -0.4 is 10.9 Å². The van der Waals surface area contributed by atoms with Gasteiger partial charge in [0.25, 0.3) is 5.56 Å². The number of anilines is 1. The molecule has 0 saturated carbocycles. The van der Waals surface area contributed by atoms with Gasteiger partial charge in [-0.2, -0.15) is 0 Å². The van der Waals surface area contributed by atoms with Crippen LogP contribution in [0, 0.1) is 0 Å². The molecular formula is C11H19N3O3. The smallest absolute Gasteiger partial charge is 0.293 e. The van der Waals surface area contributed by atoms with E-state index in [4.69, 9.17) is 9.47 Å². The van der Waals surface area contributed by atoms with Crippen LogP contribution in [0.25, 0.3) is 0 Å². The summed E-state index contributed by atoms with van der Waals surface area (Å²) in [7, 11) is 3.09. The van der Waals surface area contributed by atoms with Crippen LogP contribution in [0.5, 0.6) is 0 Å². The number of rotatable bonds is 7. The summed E-state index contributed by atoms with van der Waals surface area (Å²) in [5.74, 6) is 0.319. The van der Waals surface area contributed by atoms with Crippen molar-refractivity contribution in [2.75, 3.05) is 26.1 Å². The van der Waals surface area contributed by atoms with E-state index in [-0.39, 0.29) is 5.56 Å². The highest BCUT2D eigenvalue weighted by atomic mass is 16.7. The highest BCUT2D eigenvalue weighted by Crippen LogP contribution is 1.97. The minimum absolute atomic E-state index is 0.125. The van der Waals surface area contributed by atoms with Crippen molar-refractivity contribution in [3.63, 3.8) is 0 Å². The zero-order valence-corrected chi connectivity index (χ0v) is 10.5. The van der Waals surface area contributed by atoms with Gasteiger partial charge < -0.3 is 19.4 Å². The van der Waals surface area contributed by atoms with Gasteiger partial charge in [-0.15, -0.1) is 0 Å². The maximum atomic E-state index is 11.9. The second kappa shape index (κ2) is 7.03. The molecule has 1 rings (SSSR count). The van der Waals surface area contributed by atoms with E-state index in [1.54, 1.807) is 31.2 Å². The first kappa shape index (κ1) is 13.7. The molecular weight excluding hydrogens is 222 g/mol. The van der Waals surface area contributed by atoms with Gasteiger partial charge in [-0.05, 0) is 6.42 Å². The minimum atomic E-state index is -0.393. The first-order valence-electron chi connectivity index (χ1n) is 5.57. The van der Waals surface area contributed by atoms with Crippen molar-refractivity contribution in [3.05, 3.63) is 22.7 Å². The molecule has 0 aliphatic carbocycles. The Kier molecular flexibility index (Phi) is 5.65. The minimum Gasteiger partial charge on any atom is -0.360 e. The summed E-state index contributed by atoms with van der Waals surface area (Å²) in [5.41, 5.74) is -0.125. The molecule has 0 aliphatic rings. The van der Waals surface area contributed by atoms with Gasteiger partial charge in [0, 0.05) is 33.2 Å². The molecule has 17 heavy (non-hydrogen) atoms. The molecule has 6 nitrogen and oxygen atoms in total. The van der Waals surface area contributed by atoms with Gasteiger partial charge in [0.2, 0.25) is 0 Å². The van der Waals surface area contributed by atoms with Crippen LogP contribution in [0.3, 0.4) is 0 Å². The molecule has 0 atom stereocenters. The molecule has 1 aromatic heterocycles. The largest absolute Gasteiger partial charge is 0.360 e. The molecule has 6 heteroatoms. The van der Waals surface area contributed by atoms with Crippen molar-refractivity contribution in [3.8, 4) is 0 Å². The molecule has 0 saturated heterocycles. The monoisotopic (exact) mass is 241 g/mol. The highest BCUT2D eigenvalue weighted by molar-refractivity contribution is 5.30. The average molecular weight is 241 g/mol. The lowest BCUT2D eigenvalue weighted by Gasteiger charge is -2.14. The Balaban J connectivity index is 2.71. The fourth-order valence-corrected chi connectivity index (χ4v) is 1.43. The van der Waals surface area contributed by atoms with Crippen LogP contribution in [0.1, 0.15) is 13.3 Å². The van der Waals surface area contributed by atoms with Crippen LogP contribution in [0.4, 0.5) is 5.82 Å². The second-order valence-electron chi connectivity index (χ2n) is 3.56. The Labute approximate surface area is 101 Å². The lowest BCUT2D eigenvalue weighted by Crippen LogP contribution is -2.29. The first-order chi connectivity index (χ1) is 8.22. The van der Waals surface area contributed by atoms with E-state index in [9.17, 15) is 4.79 Å². The predicted molar refractivity (Wildman–Crippen MR) is 65.1 cm³/mol. The Hall–Kier alpha value is -1.40. The van der Waals surface area contributed by atoms with Gasteiger partial charge in [-0.25, -0.2) is 4.98 Å². The number of methoxy groups -OCH3 is 2. The normalized spacial score (nSPS) is 10.8. The summed E-state index contributed by atoms with van der Waals surface area (Å²) in [6, 6.07) is 0. The molecule has 1 N–H and O–H groups in total. The van der Waals surface area contributed by atoms with Crippen LogP contribution in [-0.2, 0) is 16.0 Å². The standard InChI is InChI=1S/C11H19N3O3/c1-4-6-14-7-5-12-10(11(14)15)13-8-9(16-2)17-3/h5,7,9H,4,6,8H2,1-3H3,(H,12,13). The average Bonchev–Trinajstić information content (AvgIpc) is 2.35. The lowest BCUT2D eigenvalue weighted by atomic mass is 10.4. The molecule has 1 aromatic rings. The van der Waals surface area contributed by atoms with Crippen LogP contribution in [-0.4, -0.2) is 36.6 Å². The maximum absolute atomic E-state index is 11.9. The number of hydrogen-bond acceptors (Lipinski definition) is 5. The van der Waals surface area contributed by atoms with Gasteiger partial charge in [-0.1, -0.05) is 6.92 Å². The first-order valence-corrected chi connectivity index (χ1v) is 5.57. The topological polar surface area (TPSA) is 65.4 Å². The van der Waals surface area contributed by atoms with Crippen molar-refractivity contribution in [2.45, 2.75) is 26.2 Å². The van der Waals surface area contributed by atoms with E-state index in [2.05, 4.69) is 10.3 Å². The van der Waals surface area contributed by atoms with Crippen molar-refractivity contribution in [2.24, 2.45) is 0 Å². The molecule has 1 heterocycles. The third-order valence-electron chi connectivity index (χ3n) is 2.34. The number of aromatic nitrogens is 2. The predicted octanol–water partition coefficient (Wildman–Crippen LogP) is 0.684. The van der Waals surface area contributed by atoms with E-state index < -0.39 is 6.29 Å². The molecule has 0 aliphatic heterocycles. The number of ether oxygens (including phenoxy) is 2. The summed E-state index contributed by atoms with van der Waals surface area (Å²) in [5, 5.41) is 2.92. The van der Waals surface area contributed by atoms with Crippen LogP contribution in [0.2, 0.25) is 0 Å². The van der Waals surface area contributed by atoms with E-state index in [1.807, 2.05) is 6.92 Å². The third-order valence-corrected chi connectivity index (χ3v) is 2.34. The Bertz CT molecular complexity index is 388. The number of nitrogens with zero attached hydrogens (tertiary/aromatic N) is 2. The van der Waals surface area contributed by atoms with Crippen molar-refractivity contribution in [1.82, 2.24) is 9.55 Å². The van der Waals surface area contributed by atoms with Crippen molar-refractivity contribution >= 4 is 5.82 Å². The molecule has 0 bridgehead atoms. The van der Waals surface area contributed by atoms with Gasteiger partial charge in [0.05, 0.1) is 6.54 Å². The Morgan fingerprint density at radius 2 is 2.18 bits per heavy atom. The zero-order valence-electron chi connectivity index (χ0n) is 10.5. The molecule has 0 unspecified atom stereocenters. The van der Waals surface area contributed by atoms with Gasteiger partial charge >= 0.3 is 0 Å². The lowest BCUT2D eigenvalue weighted by molar-refractivity contribution is -0.0914. The summed E-state index contributed by atoms with van der Waals surface area (Å²) in [4.78, 5) is 15.9. The zero-order chi connectivity index (χ0) is 12.7. The summed E-state index contributed by atoms with van der Waals surface area (Å²) in [6.07, 6.45) is 3.80. The molecule has 96 valence electrons. The summed E-state index contributed by atoms with van der Waals surface area (Å²) >= 11 is 0. The molecule has 0 amide bonds. The van der Waals surface area contributed by atoms with E-state index in [1.165, 1.54) is 0 Å². The highest BCUT2D eigenvalue weighted by Gasteiger charge is 2.08. The second-order valence-corrected chi connectivity index (χ2v) is 3.56. The van der Waals surface area contributed by atoms with E-state index >= 15 is 0 Å².